The average molecular weight is 558 g/mol. The topological polar surface area (TPSA) is 64.0 Å². The molecule has 0 spiro atoms. The van der Waals surface area contributed by atoms with E-state index >= 15 is 0 Å². The largest absolute Gasteiger partial charge is 0.323 e. The van der Waals surface area contributed by atoms with Gasteiger partial charge in [0.2, 0.25) is 5.91 Å². The Morgan fingerprint density at radius 3 is 2.85 bits per heavy atom. The minimum absolute atomic E-state index is 0.00957. The van der Waals surface area contributed by atoms with E-state index in [4.69, 9.17) is 4.98 Å². The summed E-state index contributed by atoms with van der Waals surface area (Å²) in [5.41, 5.74) is 2.88. The number of rotatable bonds is 5. The van der Waals surface area contributed by atoms with E-state index in [1.165, 1.54) is 28.8 Å². The van der Waals surface area contributed by atoms with Crippen molar-refractivity contribution in [3.8, 4) is 5.69 Å². The zero-order valence-electron chi connectivity index (χ0n) is 18.4. The molecule has 0 radical (unpaired) electrons. The molecule has 0 saturated heterocycles. The van der Waals surface area contributed by atoms with Crippen LogP contribution >= 0.6 is 39.0 Å². The van der Waals surface area contributed by atoms with Crippen molar-refractivity contribution in [1.82, 2.24) is 9.55 Å². The minimum atomic E-state index is -0.520. The number of thioether (sulfide) groups is 1. The van der Waals surface area contributed by atoms with E-state index in [1.807, 2.05) is 31.2 Å². The number of carbonyl (C=O) groups is 1. The number of benzene rings is 2. The molecule has 0 fully saturated rings. The molecular formula is C25H21BrFN3O2S2. The SMILES string of the molecule is Cc1cccc(-n2c(SCC(=O)Nc3ccc(Br)cc3F)nc3sc4c(c3c2=O)CCCC4)c1. The summed E-state index contributed by atoms with van der Waals surface area (Å²) in [7, 11) is 0. The van der Waals surface area contributed by atoms with E-state index in [-0.39, 0.29) is 22.9 Å². The molecule has 0 atom stereocenters. The highest BCUT2D eigenvalue weighted by Crippen LogP contribution is 2.35. The summed E-state index contributed by atoms with van der Waals surface area (Å²) in [6, 6.07) is 12.2. The Balaban J connectivity index is 1.52. The lowest BCUT2D eigenvalue weighted by Crippen LogP contribution is -2.23. The fourth-order valence-corrected chi connectivity index (χ4v) is 6.63. The molecule has 1 amide bonds. The van der Waals surface area contributed by atoms with Crippen LogP contribution in [0.3, 0.4) is 0 Å². The number of aryl methyl sites for hydroxylation is 3. The van der Waals surface area contributed by atoms with Crippen LogP contribution < -0.4 is 10.9 Å². The summed E-state index contributed by atoms with van der Waals surface area (Å²) in [6.07, 6.45) is 4.07. The normalized spacial score (nSPS) is 13.1. The van der Waals surface area contributed by atoms with Crippen molar-refractivity contribution in [3.05, 3.63) is 79.1 Å². The van der Waals surface area contributed by atoms with E-state index in [9.17, 15) is 14.0 Å². The van der Waals surface area contributed by atoms with Crippen LogP contribution in [0.2, 0.25) is 0 Å². The Labute approximate surface area is 212 Å². The quantitative estimate of drug-likeness (QED) is 0.232. The van der Waals surface area contributed by atoms with E-state index in [2.05, 4.69) is 21.2 Å². The van der Waals surface area contributed by atoms with Gasteiger partial charge in [0.05, 0.1) is 22.5 Å². The molecular weight excluding hydrogens is 537 g/mol. The van der Waals surface area contributed by atoms with Gasteiger partial charge in [-0.1, -0.05) is 39.8 Å². The Hall–Kier alpha value is -2.49. The summed E-state index contributed by atoms with van der Waals surface area (Å²) < 4.78 is 16.3. The number of hydrogen-bond donors (Lipinski definition) is 1. The van der Waals surface area contributed by atoms with Crippen LogP contribution in [0.1, 0.15) is 28.8 Å². The van der Waals surface area contributed by atoms with Gasteiger partial charge in [-0.05, 0) is 74.1 Å². The van der Waals surface area contributed by atoms with Crippen LogP contribution in [0.25, 0.3) is 15.9 Å². The first kappa shape index (κ1) is 23.3. The number of hydrogen-bond acceptors (Lipinski definition) is 5. The van der Waals surface area contributed by atoms with Gasteiger partial charge in [-0.3, -0.25) is 14.2 Å². The number of nitrogens with one attached hydrogen (secondary N) is 1. The predicted octanol–water partition coefficient (Wildman–Crippen LogP) is 6.27. The van der Waals surface area contributed by atoms with Crippen LogP contribution in [0, 0.1) is 12.7 Å². The van der Waals surface area contributed by atoms with Gasteiger partial charge in [0.25, 0.3) is 5.56 Å². The maximum absolute atomic E-state index is 14.1. The van der Waals surface area contributed by atoms with Gasteiger partial charge in [0.15, 0.2) is 5.16 Å². The van der Waals surface area contributed by atoms with E-state index < -0.39 is 5.82 Å². The highest BCUT2D eigenvalue weighted by Gasteiger charge is 2.23. The second kappa shape index (κ2) is 9.64. The zero-order chi connectivity index (χ0) is 23.8. The van der Waals surface area contributed by atoms with Crippen LogP contribution in [0.15, 0.2) is 56.9 Å². The van der Waals surface area contributed by atoms with Crippen molar-refractivity contribution in [3.63, 3.8) is 0 Å². The number of carbonyl (C=O) groups excluding carboxylic acids is 1. The lowest BCUT2D eigenvalue weighted by Gasteiger charge is -2.14. The van der Waals surface area contributed by atoms with Crippen molar-refractivity contribution in [1.29, 1.82) is 0 Å². The number of halogens is 2. The Kier molecular flexibility index (Phi) is 6.59. The van der Waals surface area contributed by atoms with Crippen LogP contribution in [0.4, 0.5) is 10.1 Å². The molecule has 5 nitrogen and oxygen atoms in total. The molecule has 5 rings (SSSR count). The van der Waals surface area contributed by atoms with Crippen molar-refractivity contribution in [2.24, 2.45) is 0 Å². The van der Waals surface area contributed by atoms with Crippen LogP contribution in [0.5, 0.6) is 0 Å². The molecule has 0 saturated carbocycles. The monoisotopic (exact) mass is 557 g/mol. The van der Waals surface area contributed by atoms with Crippen molar-refractivity contribution in [2.45, 2.75) is 37.8 Å². The van der Waals surface area contributed by atoms with Gasteiger partial charge >= 0.3 is 0 Å². The smallest absolute Gasteiger partial charge is 0.267 e. The Morgan fingerprint density at radius 2 is 2.06 bits per heavy atom. The highest BCUT2D eigenvalue weighted by molar-refractivity contribution is 9.10. The first-order chi connectivity index (χ1) is 16.4. The first-order valence-corrected chi connectivity index (χ1v) is 13.5. The number of fused-ring (bicyclic) bond motifs is 3. The first-order valence-electron chi connectivity index (χ1n) is 10.9. The second-order valence-corrected chi connectivity index (χ2v) is 11.2. The molecule has 1 N–H and O–H groups in total. The average Bonchev–Trinajstić information content (AvgIpc) is 3.18. The fraction of sp³-hybridized carbons (Fsp3) is 0.240. The lowest BCUT2D eigenvalue weighted by atomic mass is 9.97. The summed E-state index contributed by atoms with van der Waals surface area (Å²) >= 11 is 5.97. The number of nitrogens with zero attached hydrogens (tertiary/aromatic N) is 2. The number of anilines is 1. The van der Waals surface area contributed by atoms with Crippen molar-refractivity contribution >= 4 is 60.8 Å². The van der Waals surface area contributed by atoms with Gasteiger partial charge in [0, 0.05) is 9.35 Å². The van der Waals surface area contributed by atoms with Gasteiger partial charge in [-0.2, -0.15) is 0 Å². The summed E-state index contributed by atoms with van der Waals surface area (Å²) in [4.78, 5) is 33.2. The Morgan fingerprint density at radius 1 is 1.24 bits per heavy atom. The zero-order valence-corrected chi connectivity index (χ0v) is 21.6. The summed E-state index contributed by atoms with van der Waals surface area (Å²) in [5, 5.41) is 3.75. The van der Waals surface area contributed by atoms with E-state index in [1.54, 1.807) is 22.0 Å². The standard InChI is InChI=1S/C25H21BrFN3O2S2/c1-14-5-4-6-16(11-14)30-24(32)22-17-7-2-3-8-20(17)34-23(22)29-25(30)33-13-21(31)28-19-10-9-15(26)12-18(19)27/h4-6,9-12H,2-3,7-8,13H2,1H3,(H,28,31). The molecule has 1 aliphatic rings. The summed E-state index contributed by atoms with van der Waals surface area (Å²) in [5.74, 6) is -0.903. The Bertz CT molecular complexity index is 1480. The molecule has 174 valence electrons. The molecule has 2 aromatic carbocycles. The van der Waals surface area contributed by atoms with Gasteiger partial charge in [0.1, 0.15) is 10.6 Å². The third-order valence-corrected chi connectivity index (χ3v) is 8.37. The molecule has 34 heavy (non-hydrogen) atoms. The number of thiophene rings is 1. The fourth-order valence-electron chi connectivity index (χ4n) is 4.19. The number of amides is 1. The van der Waals surface area contributed by atoms with Gasteiger partial charge in [-0.25, -0.2) is 9.37 Å². The lowest BCUT2D eigenvalue weighted by molar-refractivity contribution is -0.113. The maximum atomic E-state index is 14.1. The third kappa shape index (κ3) is 4.56. The van der Waals surface area contributed by atoms with Crippen LogP contribution in [-0.2, 0) is 17.6 Å². The highest BCUT2D eigenvalue weighted by atomic mass is 79.9. The molecule has 2 aromatic heterocycles. The molecule has 1 aliphatic carbocycles. The van der Waals surface area contributed by atoms with Gasteiger partial charge < -0.3 is 5.32 Å². The second-order valence-electron chi connectivity index (χ2n) is 8.23. The minimum Gasteiger partial charge on any atom is -0.323 e. The molecule has 0 bridgehead atoms. The summed E-state index contributed by atoms with van der Waals surface area (Å²) in [6.45, 7) is 1.97. The third-order valence-electron chi connectivity index (χ3n) is 5.76. The molecule has 0 unspecified atom stereocenters. The predicted molar refractivity (Wildman–Crippen MR) is 140 cm³/mol. The van der Waals surface area contributed by atoms with Crippen molar-refractivity contribution in [2.75, 3.05) is 11.1 Å². The van der Waals surface area contributed by atoms with E-state index in [0.717, 1.165) is 47.3 Å². The van der Waals surface area contributed by atoms with E-state index in [0.29, 0.717) is 15.0 Å². The molecule has 4 aromatic rings. The van der Waals surface area contributed by atoms with Gasteiger partial charge in [-0.15, -0.1) is 11.3 Å². The van der Waals surface area contributed by atoms with Crippen molar-refractivity contribution < 1.29 is 9.18 Å². The maximum Gasteiger partial charge on any atom is 0.267 e. The molecule has 2 heterocycles. The molecule has 9 heteroatoms. The molecule has 0 aliphatic heterocycles. The van der Waals surface area contributed by atoms with Crippen LogP contribution in [-0.4, -0.2) is 21.2 Å². The number of aromatic nitrogens is 2.